The second-order valence-electron chi connectivity index (χ2n) is 3.90. The maximum Gasteiger partial charge on any atom is 0.326 e. The van der Waals surface area contributed by atoms with E-state index in [-0.39, 0.29) is 26.0 Å². The van der Waals surface area contributed by atoms with Crippen molar-refractivity contribution in [3.63, 3.8) is 0 Å². The van der Waals surface area contributed by atoms with Gasteiger partial charge in [-0.15, -0.1) is 5.10 Å². The number of carbonyl (C=O) groups is 3. The number of rotatable bonds is 8. The van der Waals surface area contributed by atoms with Crippen LogP contribution in [0.25, 0.3) is 0 Å². The molecule has 0 aromatic carbocycles. The van der Waals surface area contributed by atoms with E-state index in [0.29, 0.717) is 0 Å². The molecule has 1 aromatic heterocycles. The number of hydrogen-bond donors (Lipinski definition) is 2. The number of carbonyl (C=O) groups excluding carboxylic acids is 2. The summed E-state index contributed by atoms with van der Waals surface area (Å²) in [5.41, 5.74) is 0. The summed E-state index contributed by atoms with van der Waals surface area (Å²) >= 11 is 0. The van der Waals surface area contributed by atoms with E-state index in [1.807, 2.05) is 0 Å². The quantitative estimate of drug-likeness (QED) is 0.598. The molecule has 0 bridgehead atoms. The molecule has 0 fully saturated rings. The number of nitrogens with one attached hydrogen (secondary N) is 1. The van der Waals surface area contributed by atoms with Crippen molar-refractivity contribution in [1.82, 2.24) is 20.3 Å². The number of esters is 1. The molecule has 110 valence electrons. The zero-order chi connectivity index (χ0) is 15.0. The van der Waals surface area contributed by atoms with Gasteiger partial charge in [-0.05, 0) is 13.3 Å². The molecule has 1 rings (SSSR count). The summed E-state index contributed by atoms with van der Waals surface area (Å²) in [6.07, 6.45) is 2.78. The van der Waals surface area contributed by atoms with Crippen LogP contribution in [0.5, 0.6) is 0 Å². The lowest BCUT2D eigenvalue weighted by Gasteiger charge is -2.13. The van der Waals surface area contributed by atoms with Gasteiger partial charge in [-0.1, -0.05) is 5.21 Å². The van der Waals surface area contributed by atoms with Crippen LogP contribution in [0.15, 0.2) is 12.4 Å². The fourth-order valence-electron chi connectivity index (χ4n) is 1.46. The fourth-order valence-corrected chi connectivity index (χ4v) is 1.46. The van der Waals surface area contributed by atoms with Crippen LogP contribution >= 0.6 is 0 Å². The second-order valence-corrected chi connectivity index (χ2v) is 3.90. The predicted molar refractivity (Wildman–Crippen MR) is 65.5 cm³/mol. The van der Waals surface area contributed by atoms with Crippen LogP contribution in [0, 0.1) is 0 Å². The molecule has 0 aliphatic rings. The number of amides is 1. The summed E-state index contributed by atoms with van der Waals surface area (Å²) in [4.78, 5) is 33.8. The molecule has 2 N–H and O–H groups in total. The molecule has 0 saturated carbocycles. The van der Waals surface area contributed by atoms with Crippen molar-refractivity contribution in [2.45, 2.75) is 32.4 Å². The first kappa shape index (κ1) is 15.6. The van der Waals surface area contributed by atoms with Gasteiger partial charge >= 0.3 is 11.9 Å². The summed E-state index contributed by atoms with van der Waals surface area (Å²) < 4.78 is 5.96. The molecular formula is C11H16N4O5. The van der Waals surface area contributed by atoms with Crippen molar-refractivity contribution in [2.75, 3.05) is 6.61 Å². The van der Waals surface area contributed by atoms with E-state index in [4.69, 9.17) is 9.84 Å². The third kappa shape index (κ3) is 5.46. The fraction of sp³-hybridized carbons (Fsp3) is 0.545. The van der Waals surface area contributed by atoms with E-state index in [1.54, 1.807) is 6.92 Å². The van der Waals surface area contributed by atoms with Gasteiger partial charge in [0, 0.05) is 12.6 Å². The Balaban J connectivity index is 2.44. The smallest absolute Gasteiger partial charge is 0.326 e. The standard InChI is InChI=1S/C11H16N4O5/c1-2-20-10(17)4-3-8(11(18)19)13-9(16)7-15-6-5-12-14-15/h5-6,8H,2-4,7H2,1H3,(H,13,16)(H,18,19)/t8-/m0/s1. The van der Waals surface area contributed by atoms with Gasteiger partial charge in [-0.2, -0.15) is 0 Å². The van der Waals surface area contributed by atoms with Gasteiger partial charge in [0.1, 0.15) is 12.6 Å². The van der Waals surface area contributed by atoms with Gasteiger partial charge < -0.3 is 15.2 Å². The number of aromatic nitrogens is 3. The van der Waals surface area contributed by atoms with Crippen molar-refractivity contribution in [1.29, 1.82) is 0 Å². The topological polar surface area (TPSA) is 123 Å². The second kappa shape index (κ2) is 7.87. The Labute approximate surface area is 114 Å². The van der Waals surface area contributed by atoms with E-state index < -0.39 is 23.9 Å². The first-order chi connectivity index (χ1) is 9.52. The molecule has 1 aromatic rings. The van der Waals surface area contributed by atoms with Crippen LogP contribution in [0.2, 0.25) is 0 Å². The van der Waals surface area contributed by atoms with Gasteiger partial charge in [0.2, 0.25) is 5.91 Å². The van der Waals surface area contributed by atoms with Gasteiger partial charge in [-0.25, -0.2) is 9.48 Å². The number of carboxylic acids is 1. The van der Waals surface area contributed by atoms with E-state index in [0.717, 1.165) is 0 Å². The lowest BCUT2D eigenvalue weighted by molar-refractivity contribution is -0.145. The lowest BCUT2D eigenvalue weighted by atomic mass is 10.1. The Bertz CT molecular complexity index is 459. The molecule has 9 nitrogen and oxygen atoms in total. The summed E-state index contributed by atoms with van der Waals surface area (Å²) in [6.45, 7) is 1.75. The molecule has 0 radical (unpaired) electrons. The largest absolute Gasteiger partial charge is 0.480 e. The highest BCUT2D eigenvalue weighted by atomic mass is 16.5. The Morgan fingerprint density at radius 2 is 2.20 bits per heavy atom. The Hall–Kier alpha value is -2.45. The van der Waals surface area contributed by atoms with Crippen LogP contribution in [0.1, 0.15) is 19.8 Å². The van der Waals surface area contributed by atoms with Crippen LogP contribution < -0.4 is 5.32 Å². The Kier molecular flexibility index (Phi) is 6.14. The predicted octanol–water partition coefficient (Wildman–Crippen LogP) is -0.809. The monoisotopic (exact) mass is 284 g/mol. The minimum Gasteiger partial charge on any atom is -0.480 e. The van der Waals surface area contributed by atoms with Gasteiger partial charge in [0.15, 0.2) is 0 Å². The summed E-state index contributed by atoms with van der Waals surface area (Å²) in [5.74, 6) is -2.22. The van der Waals surface area contributed by atoms with E-state index in [2.05, 4.69) is 15.6 Å². The van der Waals surface area contributed by atoms with Crippen molar-refractivity contribution >= 4 is 17.8 Å². The number of hydrogen-bond acceptors (Lipinski definition) is 6. The molecule has 1 atom stereocenters. The molecule has 0 unspecified atom stereocenters. The van der Waals surface area contributed by atoms with Crippen LogP contribution in [0.3, 0.4) is 0 Å². The number of ether oxygens (including phenoxy) is 1. The molecule has 1 heterocycles. The first-order valence-corrected chi connectivity index (χ1v) is 6.04. The summed E-state index contributed by atoms with van der Waals surface area (Å²) in [7, 11) is 0. The first-order valence-electron chi connectivity index (χ1n) is 6.04. The van der Waals surface area contributed by atoms with Crippen molar-refractivity contribution in [3.05, 3.63) is 12.4 Å². The molecule has 9 heteroatoms. The maximum absolute atomic E-state index is 11.6. The van der Waals surface area contributed by atoms with Crippen molar-refractivity contribution in [2.24, 2.45) is 0 Å². The molecule has 0 spiro atoms. The average molecular weight is 284 g/mol. The van der Waals surface area contributed by atoms with E-state index >= 15 is 0 Å². The number of nitrogens with zero attached hydrogens (tertiary/aromatic N) is 3. The van der Waals surface area contributed by atoms with E-state index in [1.165, 1.54) is 17.1 Å². The van der Waals surface area contributed by atoms with Crippen LogP contribution in [-0.2, 0) is 25.7 Å². The van der Waals surface area contributed by atoms with Gasteiger partial charge in [0.25, 0.3) is 0 Å². The van der Waals surface area contributed by atoms with Crippen LogP contribution in [-0.4, -0.2) is 50.6 Å². The highest BCUT2D eigenvalue weighted by Crippen LogP contribution is 2.00. The maximum atomic E-state index is 11.6. The minimum absolute atomic E-state index is 0.0305. The van der Waals surface area contributed by atoms with Crippen molar-refractivity contribution in [3.8, 4) is 0 Å². The summed E-state index contributed by atoms with van der Waals surface area (Å²) in [6, 6.07) is -1.14. The van der Waals surface area contributed by atoms with Gasteiger partial charge in [0.05, 0.1) is 12.8 Å². The molecular weight excluding hydrogens is 268 g/mol. The highest BCUT2D eigenvalue weighted by molar-refractivity contribution is 5.83. The molecule has 20 heavy (non-hydrogen) atoms. The highest BCUT2D eigenvalue weighted by Gasteiger charge is 2.21. The third-order valence-corrected chi connectivity index (χ3v) is 2.35. The average Bonchev–Trinajstić information content (AvgIpc) is 2.87. The van der Waals surface area contributed by atoms with E-state index in [9.17, 15) is 14.4 Å². The van der Waals surface area contributed by atoms with Crippen molar-refractivity contribution < 1.29 is 24.2 Å². The molecule has 0 aliphatic carbocycles. The minimum atomic E-state index is -1.21. The van der Waals surface area contributed by atoms with Gasteiger partial charge in [-0.3, -0.25) is 9.59 Å². The third-order valence-electron chi connectivity index (χ3n) is 2.35. The summed E-state index contributed by atoms with van der Waals surface area (Å²) in [5, 5.41) is 18.4. The number of aliphatic carboxylic acids is 1. The normalized spacial score (nSPS) is 11.7. The zero-order valence-electron chi connectivity index (χ0n) is 11.0. The Morgan fingerprint density at radius 3 is 2.75 bits per heavy atom. The molecule has 0 saturated heterocycles. The molecule has 0 aliphatic heterocycles. The Morgan fingerprint density at radius 1 is 1.45 bits per heavy atom. The molecule has 1 amide bonds. The lowest BCUT2D eigenvalue weighted by Crippen LogP contribution is -2.42. The zero-order valence-corrected chi connectivity index (χ0v) is 11.0. The SMILES string of the molecule is CCOC(=O)CC[C@H](NC(=O)Cn1ccnn1)C(=O)O. The van der Waals surface area contributed by atoms with Crippen LogP contribution in [0.4, 0.5) is 0 Å². The number of carboxylic acid groups (broad SMARTS) is 1.